The maximum absolute atomic E-state index is 13.1. The Kier molecular flexibility index (Phi) is 7.81. The van der Waals surface area contributed by atoms with Crippen LogP contribution in [0.3, 0.4) is 0 Å². The summed E-state index contributed by atoms with van der Waals surface area (Å²) in [4.78, 5) is 23.2. The van der Waals surface area contributed by atoms with Crippen LogP contribution < -0.4 is 26.2 Å². The number of nitrogens with one attached hydrogen (secondary N) is 5. The number of aromatic amines is 1. The fourth-order valence-corrected chi connectivity index (χ4v) is 3.77. The number of rotatable bonds is 7. The van der Waals surface area contributed by atoms with E-state index in [1.165, 1.54) is 6.07 Å². The highest BCUT2D eigenvalue weighted by molar-refractivity contribution is 6.31. The zero-order valence-corrected chi connectivity index (χ0v) is 22.1. The molecule has 0 atom stereocenters. The highest BCUT2D eigenvalue weighted by Crippen LogP contribution is 2.36. The van der Waals surface area contributed by atoms with Crippen LogP contribution in [-0.2, 0) is 6.18 Å². The van der Waals surface area contributed by atoms with Crippen molar-refractivity contribution in [1.29, 1.82) is 0 Å². The quantitative estimate of drug-likeness (QED) is 0.171. The van der Waals surface area contributed by atoms with Crippen LogP contribution in [0.25, 0.3) is 0 Å². The van der Waals surface area contributed by atoms with Crippen molar-refractivity contribution in [1.82, 2.24) is 20.2 Å². The van der Waals surface area contributed by atoms with Gasteiger partial charge in [0, 0.05) is 49.0 Å². The second kappa shape index (κ2) is 11.1. The van der Waals surface area contributed by atoms with Crippen molar-refractivity contribution in [3.8, 4) is 0 Å². The topological polar surface area (TPSA) is 123 Å². The summed E-state index contributed by atoms with van der Waals surface area (Å²) >= 11 is 5.63. The minimum atomic E-state index is -4.64. The van der Waals surface area contributed by atoms with E-state index in [0.717, 1.165) is 29.2 Å². The lowest BCUT2D eigenvalue weighted by Crippen LogP contribution is -2.20. The second-order valence-corrected chi connectivity index (χ2v) is 9.21. The van der Waals surface area contributed by atoms with E-state index in [4.69, 9.17) is 11.6 Å². The lowest BCUT2D eigenvalue weighted by atomic mass is 10.1. The normalized spacial score (nSPS) is 11.2. The number of anilines is 7. The number of nitrogens with zero attached hydrogens (tertiary/aromatic N) is 4. The van der Waals surface area contributed by atoms with Gasteiger partial charge in [-0.3, -0.25) is 5.10 Å². The summed E-state index contributed by atoms with van der Waals surface area (Å²) < 4.78 is 39.3. The maximum atomic E-state index is 13.1. The van der Waals surface area contributed by atoms with Crippen molar-refractivity contribution in [2.75, 3.05) is 40.3 Å². The van der Waals surface area contributed by atoms with Crippen LogP contribution in [0.5, 0.6) is 0 Å². The standard InChI is InChI=1S/C25H25ClF3N9O/c1-13-9-15(31-24(39)32-16-5-7-18(26)17(11-16)25(27,28)29)6-8-19(13)33-23-30-14(2)10-20(35-23)34-21-12-22(37-36-21)38(3)4/h5-12H,1-4H3,(H2,31,32,39)(H3,30,33,34,35,36,37). The zero-order chi connectivity index (χ0) is 28.3. The van der Waals surface area contributed by atoms with E-state index in [1.807, 2.05) is 38.9 Å². The van der Waals surface area contributed by atoms with Crippen LogP contribution in [0.4, 0.5) is 58.4 Å². The third-order valence-corrected chi connectivity index (χ3v) is 5.73. The van der Waals surface area contributed by atoms with Gasteiger partial charge in [-0.15, -0.1) is 0 Å². The molecular formula is C25H25ClF3N9O. The summed E-state index contributed by atoms with van der Waals surface area (Å²) in [6.07, 6.45) is -4.64. The lowest BCUT2D eigenvalue weighted by molar-refractivity contribution is -0.137. The average Bonchev–Trinajstić information content (AvgIpc) is 3.30. The molecule has 2 heterocycles. The summed E-state index contributed by atoms with van der Waals surface area (Å²) in [5, 5.41) is 18.0. The first-order valence-electron chi connectivity index (χ1n) is 11.6. The SMILES string of the molecule is Cc1cc(Nc2cc(N(C)C)n[nH]2)nc(Nc2ccc(NC(=O)Nc3ccc(Cl)c(C(F)(F)F)c3)cc2C)n1. The van der Waals surface area contributed by atoms with Gasteiger partial charge in [0.1, 0.15) is 11.6 Å². The molecule has 204 valence electrons. The van der Waals surface area contributed by atoms with Crippen molar-refractivity contribution in [3.63, 3.8) is 0 Å². The third kappa shape index (κ3) is 7.08. The summed E-state index contributed by atoms with van der Waals surface area (Å²) in [6, 6.07) is 11.1. The lowest BCUT2D eigenvalue weighted by Gasteiger charge is -2.14. The van der Waals surface area contributed by atoms with Crippen LogP contribution in [0.2, 0.25) is 5.02 Å². The van der Waals surface area contributed by atoms with Crippen LogP contribution in [-0.4, -0.2) is 40.3 Å². The molecule has 0 aliphatic heterocycles. The first-order valence-corrected chi connectivity index (χ1v) is 11.9. The molecule has 5 N–H and O–H groups in total. The minimum absolute atomic E-state index is 0.0479. The van der Waals surface area contributed by atoms with Gasteiger partial charge in [-0.2, -0.15) is 23.3 Å². The monoisotopic (exact) mass is 559 g/mol. The fourth-order valence-electron chi connectivity index (χ4n) is 3.55. The molecule has 0 unspecified atom stereocenters. The van der Waals surface area contributed by atoms with Gasteiger partial charge in [-0.05, 0) is 55.8 Å². The van der Waals surface area contributed by atoms with Crippen LogP contribution in [0, 0.1) is 13.8 Å². The van der Waals surface area contributed by atoms with Gasteiger partial charge in [0.05, 0.1) is 10.6 Å². The first-order chi connectivity index (χ1) is 18.4. The number of carbonyl (C=O) groups excluding carboxylic acids is 1. The van der Waals surface area contributed by atoms with Gasteiger partial charge >= 0.3 is 12.2 Å². The number of amides is 2. The molecule has 0 spiro atoms. The largest absolute Gasteiger partial charge is 0.417 e. The van der Waals surface area contributed by atoms with Crippen molar-refractivity contribution >= 4 is 58.1 Å². The summed E-state index contributed by atoms with van der Waals surface area (Å²) in [7, 11) is 3.78. The summed E-state index contributed by atoms with van der Waals surface area (Å²) in [6.45, 7) is 3.66. The molecule has 0 saturated heterocycles. The Hall–Kier alpha value is -4.52. The maximum Gasteiger partial charge on any atom is 0.417 e. The average molecular weight is 560 g/mol. The van der Waals surface area contributed by atoms with E-state index >= 15 is 0 Å². The van der Waals surface area contributed by atoms with Crippen LogP contribution in [0.15, 0.2) is 48.5 Å². The molecule has 4 aromatic rings. The van der Waals surface area contributed by atoms with E-state index in [2.05, 4.69) is 41.4 Å². The highest BCUT2D eigenvalue weighted by Gasteiger charge is 2.33. The molecule has 2 aromatic heterocycles. The minimum Gasteiger partial charge on any atom is -0.361 e. The van der Waals surface area contributed by atoms with Crippen molar-refractivity contribution in [3.05, 3.63) is 70.4 Å². The number of urea groups is 1. The number of hydrogen-bond acceptors (Lipinski definition) is 7. The Bertz CT molecular complexity index is 1500. The molecule has 4 rings (SSSR count). The van der Waals surface area contributed by atoms with E-state index in [0.29, 0.717) is 29.0 Å². The van der Waals surface area contributed by atoms with Gasteiger partial charge in [0.25, 0.3) is 0 Å². The molecule has 2 amide bonds. The Morgan fingerprint density at radius 2 is 1.64 bits per heavy atom. The molecule has 39 heavy (non-hydrogen) atoms. The van der Waals surface area contributed by atoms with Gasteiger partial charge < -0.3 is 26.2 Å². The van der Waals surface area contributed by atoms with E-state index in [1.54, 1.807) is 24.3 Å². The first kappa shape index (κ1) is 27.5. The van der Waals surface area contributed by atoms with E-state index in [9.17, 15) is 18.0 Å². The smallest absolute Gasteiger partial charge is 0.361 e. The predicted molar refractivity (Wildman–Crippen MR) is 147 cm³/mol. The zero-order valence-electron chi connectivity index (χ0n) is 21.3. The molecule has 0 aliphatic rings. The molecule has 10 nitrogen and oxygen atoms in total. The van der Waals surface area contributed by atoms with Crippen LogP contribution >= 0.6 is 11.6 Å². The number of halogens is 4. The van der Waals surface area contributed by atoms with E-state index < -0.39 is 22.8 Å². The van der Waals surface area contributed by atoms with Gasteiger partial charge in [0.2, 0.25) is 5.95 Å². The van der Waals surface area contributed by atoms with Gasteiger partial charge in [-0.25, -0.2) is 9.78 Å². The van der Waals surface area contributed by atoms with Crippen molar-refractivity contribution in [2.45, 2.75) is 20.0 Å². The second-order valence-electron chi connectivity index (χ2n) is 8.80. The Balaban J connectivity index is 1.42. The number of aryl methyl sites for hydroxylation is 2. The number of H-pyrrole nitrogens is 1. The number of carbonyl (C=O) groups is 1. The molecular weight excluding hydrogens is 535 g/mol. The van der Waals surface area contributed by atoms with Crippen molar-refractivity contribution in [2.24, 2.45) is 0 Å². The molecule has 2 aromatic carbocycles. The number of aromatic nitrogens is 4. The molecule has 0 bridgehead atoms. The molecule has 0 fully saturated rings. The predicted octanol–water partition coefficient (Wildman–Crippen LogP) is 6.69. The summed E-state index contributed by atoms with van der Waals surface area (Å²) in [5.41, 5.74) is 1.54. The summed E-state index contributed by atoms with van der Waals surface area (Å²) in [5.74, 6) is 2.34. The van der Waals surface area contributed by atoms with Crippen molar-refractivity contribution < 1.29 is 18.0 Å². The van der Waals surface area contributed by atoms with Gasteiger partial charge in [-0.1, -0.05) is 11.6 Å². The fraction of sp³-hybridized carbons (Fsp3) is 0.200. The van der Waals surface area contributed by atoms with E-state index in [-0.39, 0.29) is 5.69 Å². The third-order valence-electron chi connectivity index (χ3n) is 5.40. The van der Waals surface area contributed by atoms with Gasteiger partial charge in [0.15, 0.2) is 5.82 Å². The highest BCUT2D eigenvalue weighted by atomic mass is 35.5. The molecule has 14 heteroatoms. The molecule has 0 aliphatic carbocycles. The molecule has 0 radical (unpaired) electrons. The molecule has 0 saturated carbocycles. The number of alkyl halides is 3. The Morgan fingerprint density at radius 1 is 0.949 bits per heavy atom. The number of hydrogen-bond donors (Lipinski definition) is 5. The number of benzene rings is 2. The van der Waals surface area contributed by atoms with Crippen LogP contribution in [0.1, 0.15) is 16.8 Å². The Morgan fingerprint density at radius 3 is 2.28 bits per heavy atom. The Labute approximate surface area is 227 Å².